The third kappa shape index (κ3) is 2.09. The minimum Gasteiger partial charge on any atom is -0.302 e. The lowest BCUT2D eigenvalue weighted by molar-refractivity contribution is 0.243. The van der Waals surface area contributed by atoms with E-state index in [0.29, 0.717) is 5.41 Å². The van der Waals surface area contributed by atoms with E-state index in [0.717, 1.165) is 14.9 Å². The lowest BCUT2D eigenvalue weighted by Gasteiger charge is -2.34. The molecule has 104 valence electrons. The number of piperidine rings is 1. The summed E-state index contributed by atoms with van der Waals surface area (Å²) in [5.74, 6) is 0. The Bertz CT molecular complexity index is 618. The maximum atomic E-state index is 6.00. The number of fused-ring (bicyclic) bond motifs is 2. The van der Waals surface area contributed by atoms with Gasteiger partial charge in [0, 0.05) is 18.2 Å². The number of pyridine rings is 1. The van der Waals surface area contributed by atoms with E-state index in [9.17, 15) is 0 Å². The van der Waals surface area contributed by atoms with Crippen molar-refractivity contribution in [3.63, 3.8) is 0 Å². The highest BCUT2D eigenvalue weighted by molar-refractivity contribution is 7.19. The molecule has 4 heteroatoms. The first-order chi connectivity index (χ1) is 9.75. The first-order valence-electron chi connectivity index (χ1n) is 7.20. The number of rotatable bonds is 2. The Morgan fingerprint density at radius 1 is 1.15 bits per heavy atom. The van der Waals surface area contributed by atoms with Crippen LogP contribution in [0.25, 0.3) is 10.6 Å². The number of hydrogen-bond donors (Lipinski definition) is 0. The normalized spacial score (nSPS) is 28.8. The largest absolute Gasteiger partial charge is 0.302 e. The number of halogens is 1. The molecule has 0 radical (unpaired) electrons. The highest BCUT2D eigenvalue weighted by Gasteiger charge is 2.42. The summed E-state index contributed by atoms with van der Waals surface area (Å²) in [5, 5.41) is 0. The first-order valence-corrected chi connectivity index (χ1v) is 8.39. The molecule has 2 nitrogen and oxygen atoms in total. The van der Waals surface area contributed by atoms with Crippen molar-refractivity contribution >= 4 is 22.9 Å². The highest BCUT2D eigenvalue weighted by atomic mass is 35.5. The summed E-state index contributed by atoms with van der Waals surface area (Å²) in [6.07, 6.45) is 6.02. The van der Waals surface area contributed by atoms with Gasteiger partial charge >= 0.3 is 0 Å². The molecule has 20 heavy (non-hydrogen) atoms. The molecule has 2 aliphatic heterocycles. The fourth-order valence-electron chi connectivity index (χ4n) is 3.68. The summed E-state index contributed by atoms with van der Waals surface area (Å²) in [7, 11) is 0. The molecule has 0 aliphatic carbocycles. The molecule has 2 saturated heterocycles. The van der Waals surface area contributed by atoms with Crippen LogP contribution < -0.4 is 0 Å². The predicted molar refractivity (Wildman–Crippen MR) is 84.5 cm³/mol. The summed E-state index contributed by atoms with van der Waals surface area (Å²) < 4.78 is 0.822. The number of thiophene rings is 1. The maximum absolute atomic E-state index is 6.00. The van der Waals surface area contributed by atoms with E-state index < -0.39 is 0 Å². The minimum absolute atomic E-state index is 0.372. The number of hydrogen-bond acceptors (Lipinski definition) is 3. The van der Waals surface area contributed by atoms with Crippen LogP contribution in [0, 0.1) is 0 Å². The van der Waals surface area contributed by atoms with Gasteiger partial charge < -0.3 is 4.90 Å². The third-order valence-electron chi connectivity index (χ3n) is 4.76. The Morgan fingerprint density at radius 3 is 2.85 bits per heavy atom. The highest BCUT2D eigenvalue weighted by Crippen LogP contribution is 2.42. The smallest absolute Gasteiger partial charge is 0.0935 e. The van der Waals surface area contributed by atoms with E-state index in [4.69, 9.17) is 11.6 Å². The Balaban J connectivity index is 1.64. The molecule has 2 aromatic heterocycles. The summed E-state index contributed by atoms with van der Waals surface area (Å²) in [6.45, 7) is 3.75. The van der Waals surface area contributed by atoms with E-state index in [1.807, 2.05) is 12.1 Å². The predicted octanol–water partition coefficient (Wildman–Crippen LogP) is 4.20. The number of nitrogens with zero attached hydrogens (tertiary/aromatic N) is 2. The van der Waals surface area contributed by atoms with Gasteiger partial charge in [0.15, 0.2) is 0 Å². The molecule has 2 aliphatic rings. The molecule has 0 spiro atoms. The van der Waals surface area contributed by atoms with Crippen LogP contribution in [0.5, 0.6) is 0 Å². The van der Waals surface area contributed by atoms with E-state index in [2.05, 4.69) is 28.2 Å². The van der Waals surface area contributed by atoms with Crippen LogP contribution in [0.3, 0.4) is 0 Å². The summed E-state index contributed by atoms with van der Waals surface area (Å²) in [6, 6.07) is 8.42. The molecule has 2 bridgehead atoms. The molecule has 0 N–H and O–H groups in total. The van der Waals surface area contributed by atoms with Gasteiger partial charge in [0.2, 0.25) is 0 Å². The quantitative estimate of drug-likeness (QED) is 0.826. The van der Waals surface area contributed by atoms with Crippen molar-refractivity contribution in [2.75, 3.05) is 19.6 Å². The van der Waals surface area contributed by atoms with Gasteiger partial charge in [0.1, 0.15) is 0 Å². The van der Waals surface area contributed by atoms with Gasteiger partial charge in [-0.05, 0) is 56.1 Å². The monoisotopic (exact) mass is 304 g/mol. The first kappa shape index (κ1) is 12.8. The van der Waals surface area contributed by atoms with Crippen LogP contribution in [0.2, 0.25) is 4.34 Å². The van der Waals surface area contributed by atoms with Gasteiger partial charge in [-0.15, -0.1) is 11.3 Å². The standard InChI is InChI=1S/C16H17ClN2S/c17-15-5-4-14(20-15)13-3-2-12(10-18-13)16-6-1-8-19(11-16)9-7-16/h2-5,10H,1,6-9,11H2. The van der Waals surface area contributed by atoms with E-state index in [1.165, 1.54) is 44.5 Å². The van der Waals surface area contributed by atoms with E-state index >= 15 is 0 Å². The Morgan fingerprint density at radius 2 is 2.10 bits per heavy atom. The molecule has 2 unspecified atom stereocenters. The van der Waals surface area contributed by atoms with Crippen molar-refractivity contribution in [3.05, 3.63) is 40.4 Å². The van der Waals surface area contributed by atoms with Crippen LogP contribution in [0.4, 0.5) is 0 Å². The summed E-state index contributed by atoms with van der Waals surface area (Å²) in [4.78, 5) is 8.42. The molecular weight excluding hydrogens is 288 g/mol. The molecular formula is C16H17ClN2S. The van der Waals surface area contributed by atoms with Crippen molar-refractivity contribution in [1.29, 1.82) is 0 Å². The van der Waals surface area contributed by atoms with Crippen molar-refractivity contribution in [2.45, 2.75) is 24.7 Å². The van der Waals surface area contributed by atoms with Crippen molar-refractivity contribution in [3.8, 4) is 10.6 Å². The topological polar surface area (TPSA) is 16.1 Å². The second kappa shape index (κ2) is 4.83. The SMILES string of the molecule is Clc1ccc(-c2ccc(C34CCCN(CC3)C4)cn2)s1. The van der Waals surface area contributed by atoms with Gasteiger partial charge in [-0.2, -0.15) is 0 Å². The minimum atomic E-state index is 0.372. The van der Waals surface area contributed by atoms with Gasteiger partial charge in [-0.3, -0.25) is 4.98 Å². The van der Waals surface area contributed by atoms with Gasteiger partial charge in [-0.25, -0.2) is 0 Å². The van der Waals surface area contributed by atoms with Crippen LogP contribution in [0.15, 0.2) is 30.5 Å². The van der Waals surface area contributed by atoms with Gasteiger partial charge in [-0.1, -0.05) is 17.7 Å². The lowest BCUT2D eigenvalue weighted by Crippen LogP contribution is -2.36. The lowest BCUT2D eigenvalue weighted by atomic mass is 9.75. The molecule has 2 aromatic rings. The molecule has 2 fully saturated rings. The molecule has 2 atom stereocenters. The second-order valence-electron chi connectivity index (χ2n) is 5.95. The van der Waals surface area contributed by atoms with E-state index in [1.54, 1.807) is 11.3 Å². The van der Waals surface area contributed by atoms with Crippen molar-refractivity contribution < 1.29 is 0 Å². The fourth-order valence-corrected chi connectivity index (χ4v) is 4.70. The van der Waals surface area contributed by atoms with Gasteiger partial charge in [0.25, 0.3) is 0 Å². The van der Waals surface area contributed by atoms with E-state index in [-0.39, 0.29) is 0 Å². The molecule has 0 saturated carbocycles. The molecule has 4 heterocycles. The van der Waals surface area contributed by atoms with Crippen LogP contribution >= 0.6 is 22.9 Å². The fraction of sp³-hybridized carbons (Fsp3) is 0.438. The third-order valence-corrected chi connectivity index (χ3v) is 6.02. The maximum Gasteiger partial charge on any atom is 0.0935 e. The average molecular weight is 305 g/mol. The zero-order valence-electron chi connectivity index (χ0n) is 11.3. The Kier molecular flexibility index (Phi) is 3.09. The zero-order valence-corrected chi connectivity index (χ0v) is 12.9. The molecule has 0 aromatic carbocycles. The zero-order chi connectivity index (χ0) is 13.6. The van der Waals surface area contributed by atoms with Gasteiger partial charge in [0.05, 0.1) is 14.9 Å². The van der Waals surface area contributed by atoms with Crippen LogP contribution in [0.1, 0.15) is 24.8 Å². The molecule has 4 rings (SSSR count). The molecule has 0 amide bonds. The number of aromatic nitrogens is 1. The van der Waals surface area contributed by atoms with Crippen molar-refractivity contribution in [2.24, 2.45) is 0 Å². The Labute approximate surface area is 128 Å². The van der Waals surface area contributed by atoms with Crippen LogP contribution in [-0.4, -0.2) is 29.5 Å². The summed E-state index contributed by atoms with van der Waals surface area (Å²) in [5.41, 5.74) is 2.83. The second-order valence-corrected chi connectivity index (χ2v) is 7.66. The van der Waals surface area contributed by atoms with Crippen LogP contribution in [-0.2, 0) is 5.41 Å². The Hall–Kier alpha value is -0.900. The summed E-state index contributed by atoms with van der Waals surface area (Å²) >= 11 is 7.59. The average Bonchev–Trinajstić information content (AvgIpc) is 3.04. The van der Waals surface area contributed by atoms with Crippen molar-refractivity contribution in [1.82, 2.24) is 9.88 Å².